The van der Waals surface area contributed by atoms with Gasteiger partial charge in [0.2, 0.25) is 0 Å². The quantitative estimate of drug-likeness (QED) is 0.755. The molecular formula is C14H22N2. The maximum absolute atomic E-state index is 3.57. The monoisotopic (exact) mass is 218 g/mol. The Kier molecular flexibility index (Phi) is 4.37. The summed E-state index contributed by atoms with van der Waals surface area (Å²) >= 11 is 0. The van der Waals surface area contributed by atoms with E-state index in [0.29, 0.717) is 0 Å². The van der Waals surface area contributed by atoms with Crippen molar-refractivity contribution in [2.45, 2.75) is 32.4 Å². The molecule has 1 aliphatic rings. The van der Waals surface area contributed by atoms with E-state index in [2.05, 4.69) is 47.5 Å². The molecular weight excluding hydrogens is 196 g/mol. The van der Waals surface area contributed by atoms with E-state index in [0.717, 1.165) is 32.2 Å². The van der Waals surface area contributed by atoms with Gasteiger partial charge in [-0.25, -0.2) is 0 Å². The molecule has 0 aromatic heterocycles. The largest absolute Gasteiger partial charge is 0.313 e. The van der Waals surface area contributed by atoms with Crippen molar-refractivity contribution in [3.63, 3.8) is 0 Å². The summed E-state index contributed by atoms with van der Waals surface area (Å²) in [5, 5.41) is 3.57. The van der Waals surface area contributed by atoms with Gasteiger partial charge in [0.25, 0.3) is 0 Å². The van der Waals surface area contributed by atoms with Gasteiger partial charge in [-0.2, -0.15) is 0 Å². The zero-order valence-electron chi connectivity index (χ0n) is 10.2. The third kappa shape index (κ3) is 3.95. The summed E-state index contributed by atoms with van der Waals surface area (Å²) in [7, 11) is 0. The van der Waals surface area contributed by atoms with E-state index in [1.807, 2.05) is 0 Å². The summed E-state index contributed by atoms with van der Waals surface area (Å²) < 4.78 is 0. The van der Waals surface area contributed by atoms with Crippen LogP contribution in [0, 0.1) is 0 Å². The van der Waals surface area contributed by atoms with Crippen LogP contribution in [-0.4, -0.2) is 30.6 Å². The minimum Gasteiger partial charge on any atom is -0.313 e. The second-order valence-electron chi connectivity index (χ2n) is 4.58. The number of likely N-dealkylation sites (N-methyl/N-ethyl adjacent to an activating group) is 1. The van der Waals surface area contributed by atoms with Crippen LogP contribution in [0.2, 0.25) is 0 Å². The summed E-state index contributed by atoms with van der Waals surface area (Å²) in [5.74, 6) is 0. The lowest BCUT2D eigenvalue weighted by Gasteiger charge is -2.20. The van der Waals surface area contributed by atoms with Crippen molar-refractivity contribution in [2.75, 3.05) is 19.6 Å². The number of hydrogen-bond acceptors (Lipinski definition) is 2. The van der Waals surface area contributed by atoms with Gasteiger partial charge in [-0.1, -0.05) is 37.3 Å². The van der Waals surface area contributed by atoms with Crippen molar-refractivity contribution in [1.82, 2.24) is 10.2 Å². The van der Waals surface area contributed by atoms with Gasteiger partial charge in [0, 0.05) is 25.7 Å². The summed E-state index contributed by atoms with van der Waals surface area (Å²) in [6, 6.07) is 11.6. The van der Waals surface area contributed by atoms with Crippen LogP contribution in [0.15, 0.2) is 30.3 Å². The third-order valence-corrected chi connectivity index (χ3v) is 3.13. The maximum Gasteiger partial charge on any atom is 0.0234 e. The average Bonchev–Trinajstić information content (AvgIpc) is 3.13. The fourth-order valence-corrected chi connectivity index (χ4v) is 1.90. The van der Waals surface area contributed by atoms with E-state index in [-0.39, 0.29) is 0 Å². The Morgan fingerprint density at radius 3 is 2.62 bits per heavy atom. The minimum absolute atomic E-state index is 0.829. The highest BCUT2D eigenvalue weighted by Crippen LogP contribution is 2.18. The Labute approximate surface area is 98.7 Å². The molecule has 0 unspecified atom stereocenters. The first-order valence-corrected chi connectivity index (χ1v) is 6.38. The van der Waals surface area contributed by atoms with Crippen LogP contribution in [-0.2, 0) is 6.54 Å². The van der Waals surface area contributed by atoms with Crippen molar-refractivity contribution < 1.29 is 0 Å². The lowest BCUT2D eigenvalue weighted by molar-refractivity contribution is 0.279. The average molecular weight is 218 g/mol. The van der Waals surface area contributed by atoms with Crippen molar-refractivity contribution >= 4 is 0 Å². The Morgan fingerprint density at radius 1 is 1.25 bits per heavy atom. The van der Waals surface area contributed by atoms with Crippen LogP contribution < -0.4 is 5.32 Å². The number of hydrogen-bond donors (Lipinski definition) is 1. The van der Waals surface area contributed by atoms with Crippen LogP contribution in [0.25, 0.3) is 0 Å². The van der Waals surface area contributed by atoms with Crippen LogP contribution >= 0.6 is 0 Å². The van der Waals surface area contributed by atoms with E-state index in [9.17, 15) is 0 Å². The molecule has 2 heteroatoms. The molecule has 1 fully saturated rings. The van der Waals surface area contributed by atoms with E-state index >= 15 is 0 Å². The van der Waals surface area contributed by atoms with Crippen LogP contribution in [0.5, 0.6) is 0 Å². The normalized spacial score (nSPS) is 15.6. The lowest BCUT2D eigenvalue weighted by atomic mass is 10.2. The molecule has 0 amide bonds. The second-order valence-corrected chi connectivity index (χ2v) is 4.58. The molecule has 1 aromatic carbocycles. The molecule has 2 nitrogen and oxygen atoms in total. The maximum atomic E-state index is 3.57. The molecule has 0 bridgehead atoms. The van der Waals surface area contributed by atoms with Gasteiger partial charge < -0.3 is 5.32 Å². The Morgan fingerprint density at radius 2 is 2.00 bits per heavy atom. The fraction of sp³-hybridized carbons (Fsp3) is 0.571. The van der Waals surface area contributed by atoms with Crippen LogP contribution in [0.1, 0.15) is 25.3 Å². The highest BCUT2D eigenvalue weighted by Gasteiger charge is 2.19. The summed E-state index contributed by atoms with van der Waals surface area (Å²) in [4.78, 5) is 2.49. The van der Waals surface area contributed by atoms with E-state index in [1.54, 1.807) is 0 Å². The first-order valence-electron chi connectivity index (χ1n) is 6.38. The first kappa shape index (κ1) is 11.6. The zero-order valence-corrected chi connectivity index (χ0v) is 10.2. The van der Waals surface area contributed by atoms with Gasteiger partial charge in [-0.3, -0.25) is 4.90 Å². The number of nitrogens with zero attached hydrogens (tertiary/aromatic N) is 1. The van der Waals surface area contributed by atoms with Gasteiger partial charge in [0.1, 0.15) is 0 Å². The molecule has 1 aromatic rings. The third-order valence-electron chi connectivity index (χ3n) is 3.13. The molecule has 1 N–H and O–H groups in total. The molecule has 0 spiro atoms. The van der Waals surface area contributed by atoms with E-state index in [1.165, 1.54) is 18.4 Å². The van der Waals surface area contributed by atoms with Crippen molar-refractivity contribution in [3.8, 4) is 0 Å². The Bertz CT molecular complexity index is 293. The topological polar surface area (TPSA) is 15.3 Å². The number of rotatable bonds is 7. The van der Waals surface area contributed by atoms with Gasteiger partial charge in [-0.15, -0.1) is 0 Å². The number of nitrogens with one attached hydrogen (secondary N) is 1. The van der Waals surface area contributed by atoms with Gasteiger partial charge in [0.15, 0.2) is 0 Å². The van der Waals surface area contributed by atoms with E-state index in [4.69, 9.17) is 0 Å². The molecule has 88 valence electrons. The standard InChI is InChI=1S/C14H22N2/c1-2-16(11-10-15-14-8-9-14)12-13-6-4-3-5-7-13/h3-7,14-15H,2,8-12H2,1H3. The molecule has 0 saturated heterocycles. The predicted molar refractivity (Wildman–Crippen MR) is 68.4 cm³/mol. The van der Waals surface area contributed by atoms with Gasteiger partial charge >= 0.3 is 0 Å². The van der Waals surface area contributed by atoms with Gasteiger partial charge in [0.05, 0.1) is 0 Å². The molecule has 0 heterocycles. The smallest absolute Gasteiger partial charge is 0.0234 e. The summed E-state index contributed by atoms with van der Waals surface area (Å²) in [5.41, 5.74) is 1.41. The number of benzene rings is 1. The summed E-state index contributed by atoms with van der Waals surface area (Å²) in [6.07, 6.45) is 2.76. The molecule has 16 heavy (non-hydrogen) atoms. The Hall–Kier alpha value is -0.860. The summed E-state index contributed by atoms with van der Waals surface area (Å²) in [6.45, 7) is 6.72. The van der Waals surface area contributed by atoms with E-state index < -0.39 is 0 Å². The van der Waals surface area contributed by atoms with Gasteiger partial charge in [-0.05, 0) is 24.9 Å². The van der Waals surface area contributed by atoms with Crippen LogP contribution in [0.3, 0.4) is 0 Å². The molecule has 0 radical (unpaired) electrons. The molecule has 1 aliphatic carbocycles. The zero-order chi connectivity index (χ0) is 11.2. The highest BCUT2D eigenvalue weighted by molar-refractivity contribution is 5.14. The molecule has 1 saturated carbocycles. The lowest BCUT2D eigenvalue weighted by Crippen LogP contribution is -2.32. The highest BCUT2D eigenvalue weighted by atomic mass is 15.1. The van der Waals surface area contributed by atoms with Crippen LogP contribution in [0.4, 0.5) is 0 Å². The molecule has 0 aliphatic heterocycles. The van der Waals surface area contributed by atoms with Crippen molar-refractivity contribution in [1.29, 1.82) is 0 Å². The Balaban J connectivity index is 1.71. The SMILES string of the molecule is CCN(CCNC1CC1)Cc1ccccc1. The second kappa shape index (κ2) is 6.02. The molecule has 2 rings (SSSR count). The fourth-order valence-electron chi connectivity index (χ4n) is 1.90. The molecule has 0 atom stereocenters. The van der Waals surface area contributed by atoms with Crippen molar-refractivity contribution in [2.24, 2.45) is 0 Å². The predicted octanol–water partition coefficient (Wildman–Crippen LogP) is 2.26. The van der Waals surface area contributed by atoms with Crippen molar-refractivity contribution in [3.05, 3.63) is 35.9 Å². The first-order chi connectivity index (χ1) is 7.88. The minimum atomic E-state index is 0.829.